The van der Waals surface area contributed by atoms with Crippen LogP contribution in [0, 0.1) is 0 Å². The first-order valence-electron chi connectivity index (χ1n) is 8.48. The summed E-state index contributed by atoms with van der Waals surface area (Å²) < 4.78 is 12.3. The summed E-state index contributed by atoms with van der Waals surface area (Å²) in [5, 5.41) is 0.479. The molecule has 142 valence electrons. The Morgan fingerprint density at radius 1 is 0.964 bits per heavy atom. The van der Waals surface area contributed by atoms with Gasteiger partial charge in [-0.1, -0.05) is 24.3 Å². The molecule has 28 heavy (non-hydrogen) atoms. The zero-order valence-electron chi connectivity index (χ0n) is 15.2. The van der Waals surface area contributed by atoms with E-state index >= 15 is 0 Å². The van der Waals surface area contributed by atoms with Crippen LogP contribution in [0.15, 0.2) is 63.7 Å². The fraction of sp³-hybridized carbons (Fsp3) is 0.150. The molecule has 3 aromatic rings. The van der Waals surface area contributed by atoms with Gasteiger partial charge in [-0.3, -0.25) is 9.59 Å². The van der Waals surface area contributed by atoms with Crippen LogP contribution in [0.5, 0.6) is 5.75 Å². The van der Waals surface area contributed by atoms with Crippen LogP contribution in [0.1, 0.15) is 11.6 Å². The summed E-state index contributed by atoms with van der Waals surface area (Å²) in [6.07, 6.45) is 0. The van der Waals surface area contributed by atoms with Gasteiger partial charge in [-0.25, -0.2) is 9.48 Å². The molecule has 0 aliphatic carbocycles. The van der Waals surface area contributed by atoms with Crippen molar-refractivity contribution in [1.82, 2.24) is 9.36 Å². The van der Waals surface area contributed by atoms with Crippen molar-refractivity contribution in [3.63, 3.8) is 0 Å². The molecule has 2 aromatic carbocycles. The number of benzene rings is 2. The average Bonchev–Trinajstić information content (AvgIpc) is 3.05. The van der Waals surface area contributed by atoms with Gasteiger partial charge >= 0.3 is 5.97 Å². The zero-order valence-corrected chi connectivity index (χ0v) is 15.2. The Morgan fingerprint density at radius 2 is 1.57 bits per heavy atom. The number of hydrogen-bond acceptors (Lipinski definition) is 6. The van der Waals surface area contributed by atoms with Crippen LogP contribution in [0.2, 0.25) is 0 Å². The molecule has 0 fully saturated rings. The third kappa shape index (κ3) is 2.34. The summed E-state index contributed by atoms with van der Waals surface area (Å²) in [5.74, 6) is -0.223. The number of ether oxygens (including phenoxy) is 2. The molecule has 0 spiro atoms. The molecule has 2 N–H and O–H groups in total. The minimum Gasteiger partial charge on any atom is -0.497 e. The van der Waals surface area contributed by atoms with Crippen molar-refractivity contribution in [2.75, 3.05) is 14.2 Å². The van der Waals surface area contributed by atoms with Gasteiger partial charge in [-0.2, -0.15) is 4.68 Å². The summed E-state index contributed by atoms with van der Waals surface area (Å²) in [5.41, 5.74) is 5.87. The Hall–Kier alpha value is -3.81. The van der Waals surface area contributed by atoms with Crippen LogP contribution >= 0.6 is 0 Å². The molecule has 1 atom stereocenters. The van der Waals surface area contributed by atoms with E-state index in [2.05, 4.69) is 0 Å². The second-order valence-corrected chi connectivity index (χ2v) is 6.28. The highest BCUT2D eigenvalue weighted by atomic mass is 16.5. The first-order chi connectivity index (χ1) is 13.5. The van der Waals surface area contributed by atoms with Crippen LogP contribution in [0.4, 0.5) is 0 Å². The first kappa shape index (κ1) is 17.6. The Morgan fingerprint density at radius 3 is 2.14 bits per heavy atom. The van der Waals surface area contributed by atoms with E-state index in [4.69, 9.17) is 15.2 Å². The van der Waals surface area contributed by atoms with Gasteiger partial charge in [-0.15, -0.1) is 0 Å². The highest BCUT2D eigenvalue weighted by molar-refractivity contribution is 5.97. The number of fused-ring (bicyclic) bond motifs is 2. The largest absolute Gasteiger partial charge is 0.497 e. The second-order valence-electron chi connectivity index (χ2n) is 6.28. The number of hydrogen-bond donors (Lipinski definition) is 1. The Bertz CT molecular complexity index is 1250. The molecular formula is C20H17N3O5. The van der Waals surface area contributed by atoms with Gasteiger partial charge in [0.25, 0.3) is 11.1 Å². The molecule has 0 radical (unpaired) electrons. The van der Waals surface area contributed by atoms with Crippen molar-refractivity contribution < 1.29 is 14.3 Å². The van der Waals surface area contributed by atoms with Gasteiger partial charge in [0.1, 0.15) is 23.2 Å². The van der Waals surface area contributed by atoms with Crippen molar-refractivity contribution in [2.24, 2.45) is 5.73 Å². The molecule has 0 saturated carbocycles. The normalized spacial score (nSPS) is 15.6. The number of carbonyl (C=O) groups is 1. The van der Waals surface area contributed by atoms with Crippen molar-refractivity contribution in [2.45, 2.75) is 6.04 Å². The summed E-state index contributed by atoms with van der Waals surface area (Å²) in [6, 6.07) is 12.4. The number of methoxy groups -OCH3 is 2. The van der Waals surface area contributed by atoms with Gasteiger partial charge in [-0.05, 0) is 29.8 Å². The lowest BCUT2D eigenvalue weighted by Crippen LogP contribution is -2.38. The SMILES string of the molecule is COC(=O)C1=C(N)n2c(=O)c3ccccc3c(=O)n2C1c1ccc(OC)cc1. The Kier molecular flexibility index (Phi) is 4.03. The minimum absolute atomic E-state index is 0.0298. The molecule has 1 aromatic heterocycles. The second kappa shape index (κ2) is 6.41. The molecule has 0 amide bonds. The van der Waals surface area contributed by atoms with Crippen molar-refractivity contribution in [3.8, 4) is 5.75 Å². The first-order valence-corrected chi connectivity index (χ1v) is 8.48. The Labute approximate surface area is 159 Å². The number of rotatable bonds is 3. The highest BCUT2D eigenvalue weighted by Crippen LogP contribution is 2.34. The van der Waals surface area contributed by atoms with E-state index < -0.39 is 23.1 Å². The third-order valence-corrected chi connectivity index (χ3v) is 4.86. The predicted octanol–water partition coefficient (Wildman–Crippen LogP) is 1.08. The maximum atomic E-state index is 13.2. The van der Waals surface area contributed by atoms with Crippen LogP contribution in [0.3, 0.4) is 0 Å². The average molecular weight is 379 g/mol. The predicted molar refractivity (Wildman–Crippen MR) is 103 cm³/mol. The fourth-order valence-electron chi connectivity index (χ4n) is 3.54. The van der Waals surface area contributed by atoms with E-state index in [0.29, 0.717) is 11.3 Å². The molecule has 0 bridgehead atoms. The monoisotopic (exact) mass is 379 g/mol. The lowest BCUT2D eigenvalue weighted by atomic mass is 9.99. The number of esters is 1. The lowest BCUT2D eigenvalue weighted by Gasteiger charge is -2.18. The fourth-order valence-corrected chi connectivity index (χ4v) is 3.54. The summed E-state index contributed by atoms with van der Waals surface area (Å²) in [6.45, 7) is 0. The van der Waals surface area contributed by atoms with E-state index in [1.165, 1.54) is 18.9 Å². The van der Waals surface area contributed by atoms with E-state index in [0.717, 1.165) is 4.68 Å². The smallest absolute Gasteiger partial charge is 0.340 e. The molecule has 8 heteroatoms. The highest BCUT2D eigenvalue weighted by Gasteiger charge is 2.38. The third-order valence-electron chi connectivity index (χ3n) is 4.86. The van der Waals surface area contributed by atoms with Crippen LogP contribution in [-0.2, 0) is 9.53 Å². The summed E-state index contributed by atoms with van der Waals surface area (Å²) >= 11 is 0. The van der Waals surface area contributed by atoms with E-state index in [1.807, 2.05) is 0 Å². The minimum atomic E-state index is -0.900. The standard InChI is InChI=1S/C20H17N3O5/c1-27-12-9-7-11(8-10-12)16-15(20(26)28-2)17(21)23-19(25)14-6-4-3-5-13(14)18(24)22(16)23/h3-10,16H,21H2,1-2H3. The van der Waals surface area contributed by atoms with E-state index in [-0.39, 0.29) is 22.2 Å². The molecule has 2 heterocycles. The quantitative estimate of drug-likeness (QED) is 0.683. The van der Waals surface area contributed by atoms with Crippen LogP contribution in [0.25, 0.3) is 16.6 Å². The maximum absolute atomic E-state index is 13.2. The lowest BCUT2D eigenvalue weighted by molar-refractivity contribution is -0.136. The molecule has 4 rings (SSSR count). The van der Waals surface area contributed by atoms with Crippen molar-refractivity contribution >= 4 is 22.6 Å². The molecule has 1 unspecified atom stereocenters. The van der Waals surface area contributed by atoms with Crippen LogP contribution < -0.4 is 21.6 Å². The molecule has 8 nitrogen and oxygen atoms in total. The summed E-state index contributed by atoms with van der Waals surface area (Å²) in [7, 11) is 2.76. The maximum Gasteiger partial charge on any atom is 0.340 e. The van der Waals surface area contributed by atoms with Crippen molar-refractivity contribution in [3.05, 3.63) is 80.4 Å². The van der Waals surface area contributed by atoms with Crippen LogP contribution in [-0.4, -0.2) is 29.6 Å². The molecular weight excluding hydrogens is 362 g/mol. The Balaban J connectivity index is 2.10. The molecule has 0 saturated heterocycles. The van der Waals surface area contributed by atoms with Gasteiger partial charge < -0.3 is 15.2 Å². The topological polar surface area (TPSA) is 106 Å². The van der Waals surface area contributed by atoms with Crippen molar-refractivity contribution in [1.29, 1.82) is 0 Å². The number of carbonyl (C=O) groups excluding carboxylic acids is 1. The van der Waals surface area contributed by atoms with Gasteiger partial charge in [0, 0.05) is 0 Å². The van der Waals surface area contributed by atoms with Gasteiger partial charge in [0.05, 0.1) is 25.0 Å². The van der Waals surface area contributed by atoms with Gasteiger partial charge in [0.15, 0.2) is 0 Å². The number of nitrogens with zero attached hydrogens (tertiary/aromatic N) is 2. The summed E-state index contributed by atoms with van der Waals surface area (Å²) in [4.78, 5) is 38.8. The number of aromatic nitrogens is 2. The molecule has 1 aliphatic heterocycles. The number of nitrogens with two attached hydrogens (primary N) is 1. The van der Waals surface area contributed by atoms with E-state index in [9.17, 15) is 14.4 Å². The molecule has 1 aliphatic rings. The van der Waals surface area contributed by atoms with Gasteiger partial charge in [0.2, 0.25) is 0 Å². The zero-order chi connectivity index (χ0) is 20.0. The van der Waals surface area contributed by atoms with E-state index in [1.54, 1.807) is 48.5 Å².